The van der Waals surface area contributed by atoms with Crippen molar-refractivity contribution in [3.63, 3.8) is 0 Å². The van der Waals surface area contributed by atoms with E-state index in [9.17, 15) is 0 Å². The molecule has 0 spiro atoms. The minimum atomic E-state index is 0.376. The van der Waals surface area contributed by atoms with Crippen LogP contribution < -0.4 is 4.90 Å². The number of hydrogen-bond acceptors (Lipinski definition) is 6. The van der Waals surface area contributed by atoms with E-state index in [1.807, 2.05) is 12.3 Å². The number of nitrogens with zero attached hydrogens (tertiary/aromatic N) is 7. The highest BCUT2D eigenvalue weighted by molar-refractivity contribution is 6.30. The average Bonchev–Trinajstić information content (AvgIpc) is 3.10. The molecule has 0 bridgehead atoms. The Balaban J connectivity index is 1.46. The van der Waals surface area contributed by atoms with Gasteiger partial charge in [-0.2, -0.15) is 0 Å². The summed E-state index contributed by atoms with van der Waals surface area (Å²) >= 11 is 6.31. The van der Waals surface area contributed by atoms with Crippen LogP contribution >= 0.6 is 11.6 Å². The van der Waals surface area contributed by atoms with Crippen molar-refractivity contribution in [3.8, 4) is 5.69 Å². The number of piperidine rings is 1. The molecule has 0 unspecified atom stereocenters. The first-order chi connectivity index (χ1) is 14.2. The molecule has 150 valence electrons. The van der Waals surface area contributed by atoms with Gasteiger partial charge in [-0.15, -0.1) is 10.2 Å². The highest BCUT2D eigenvalue weighted by atomic mass is 35.5. The molecule has 1 aromatic carbocycles. The molecule has 7 nitrogen and oxygen atoms in total. The lowest BCUT2D eigenvalue weighted by molar-refractivity contribution is 0.268. The quantitative estimate of drug-likeness (QED) is 0.660. The Bertz CT molecular complexity index is 996. The third kappa shape index (κ3) is 3.49. The SMILES string of the molecule is CCN1Cc2cc(Cl)ccc2-n2c(nnc2C2CCN(c3cnccn3)CC2)C1. The van der Waals surface area contributed by atoms with Gasteiger partial charge in [0.05, 0.1) is 18.4 Å². The van der Waals surface area contributed by atoms with Crippen molar-refractivity contribution < 1.29 is 0 Å². The maximum absolute atomic E-state index is 6.31. The van der Waals surface area contributed by atoms with Crippen LogP contribution in [0.3, 0.4) is 0 Å². The van der Waals surface area contributed by atoms with E-state index in [4.69, 9.17) is 11.6 Å². The van der Waals surface area contributed by atoms with Crippen LogP contribution in [-0.2, 0) is 13.1 Å². The summed E-state index contributed by atoms with van der Waals surface area (Å²) in [5.74, 6) is 3.41. The lowest BCUT2D eigenvalue weighted by atomic mass is 9.95. The second kappa shape index (κ2) is 7.72. The largest absolute Gasteiger partial charge is 0.355 e. The number of rotatable bonds is 3. The van der Waals surface area contributed by atoms with Crippen LogP contribution in [0.5, 0.6) is 0 Å². The van der Waals surface area contributed by atoms with Crippen molar-refractivity contribution in [1.29, 1.82) is 0 Å². The number of hydrogen-bond donors (Lipinski definition) is 0. The monoisotopic (exact) mass is 409 g/mol. The first-order valence-electron chi connectivity index (χ1n) is 10.2. The maximum Gasteiger partial charge on any atom is 0.151 e. The lowest BCUT2D eigenvalue weighted by Gasteiger charge is -2.32. The van der Waals surface area contributed by atoms with Crippen LogP contribution in [0.15, 0.2) is 36.8 Å². The molecule has 8 heteroatoms. The zero-order chi connectivity index (χ0) is 19.8. The summed E-state index contributed by atoms with van der Waals surface area (Å²) in [6.45, 7) is 6.71. The summed E-state index contributed by atoms with van der Waals surface area (Å²) < 4.78 is 2.28. The van der Waals surface area contributed by atoms with E-state index in [0.29, 0.717) is 5.92 Å². The molecule has 0 N–H and O–H groups in total. The van der Waals surface area contributed by atoms with Crippen molar-refractivity contribution in [2.45, 2.75) is 38.8 Å². The predicted octanol–water partition coefficient (Wildman–Crippen LogP) is 3.43. The van der Waals surface area contributed by atoms with E-state index < -0.39 is 0 Å². The van der Waals surface area contributed by atoms with Crippen LogP contribution in [0, 0.1) is 0 Å². The Morgan fingerprint density at radius 1 is 1.10 bits per heavy atom. The molecule has 2 aliphatic heterocycles. The van der Waals surface area contributed by atoms with E-state index in [-0.39, 0.29) is 0 Å². The van der Waals surface area contributed by atoms with Gasteiger partial charge in [0.15, 0.2) is 5.82 Å². The van der Waals surface area contributed by atoms with E-state index in [0.717, 1.165) is 73.7 Å². The number of benzene rings is 1. The Morgan fingerprint density at radius 3 is 2.72 bits per heavy atom. The first-order valence-corrected chi connectivity index (χ1v) is 10.6. The minimum Gasteiger partial charge on any atom is -0.355 e. The van der Waals surface area contributed by atoms with Gasteiger partial charge in [-0.05, 0) is 43.1 Å². The fraction of sp³-hybridized carbons (Fsp3) is 0.429. The van der Waals surface area contributed by atoms with Crippen molar-refractivity contribution in [1.82, 2.24) is 29.6 Å². The van der Waals surface area contributed by atoms with E-state index >= 15 is 0 Å². The average molecular weight is 410 g/mol. The van der Waals surface area contributed by atoms with Crippen LogP contribution in [0.2, 0.25) is 5.02 Å². The molecule has 0 radical (unpaired) electrons. The van der Waals surface area contributed by atoms with E-state index in [2.05, 4.69) is 53.6 Å². The van der Waals surface area contributed by atoms with Crippen molar-refractivity contribution in [2.24, 2.45) is 0 Å². The van der Waals surface area contributed by atoms with Crippen LogP contribution in [0.1, 0.15) is 42.9 Å². The molecule has 2 aromatic heterocycles. The highest BCUT2D eigenvalue weighted by Crippen LogP contribution is 2.34. The summed E-state index contributed by atoms with van der Waals surface area (Å²) in [7, 11) is 0. The van der Waals surface area contributed by atoms with Gasteiger partial charge in [-0.25, -0.2) is 4.98 Å². The molecule has 3 aromatic rings. The first kappa shape index (κ1) is 18.5. The molecule has 4 heterocycles. The van der Waals surface area contributed by atoms with E-state index in [1.165, 1.54) is 5.56 Å². The van der Waals surface area contributed by atoms with Crippen LogP contribution in [0.4, 0.5) is 5.82 Å². The second-order valence-corrected chi connectivity index (χ2v) is 8.15. The molecule has 1 fully saturated rings. The van der Waals surface area contributed by atoms with Gasteiger partial charge in [0.2, 0.25) is 0 Å². The molecule has 29 heavy (non-hydrogen) atoms. The molecule has 2 aliphatic rings. The Hall–Kier alpha value is -2.51. The minimum absolute atomic E-state index is 0.376. The van der Waals surface area contributed by atoms with Crippen molar-refractivity contribution in [3.05, 3.63) is 59.0 Å². The maximum atomic E-state index is 6.31. The van der Waals surface area contributed by atoms with Gasteiger partial charge in [-0.1, -0.05) is 18.5 Å². The van der Waals surface area contributed by atoms with Crippen molar-refractivity contribution in [2.75, 3.05) is 24.5 Å². The number of aromatic nitrogens is 5. The standard InChI is InChI=1S/C21H24ClN7/c1-2-27-13-16-11-17(22)3-4-18(16)29-20(14-27)25-26-21(29)15-5-9-28(10-6-15)19-12-23-7-8-24-19/h3-4,7-8,11-12,15H,2,5-6,9-10,13-14H2,1H3. The summed E-state index contributed by atoms with van der Waals surface area (Å²) in [6, 6.07) is 6.16. The van der Waals surface area contributed by atoms with Gasteiger partial charge < -0.3 is 4.90 Å². The summed E-state index contributed by atoms with van der Waals surface area (Å²) in [6.07, 6.45) is 7.35. The fourth-order valence-electron chi connectivity index (χ4n) is 4.40. The number of fused-ring (bicyclic) bond motifs is 3. The van der Waals surface area contributed by atoms with Gasteiger partial charge in [0.25, 0.3) is 0 Å². The number of anilines is 1. The third-order valence-corrected chi connectivity index (χ3v) is 6.21. The molecule has 0 aliphatic carbocycles. The molecule has 0 saturated carbocycles. The van der Waals surface area contributed by atoms with Gasteiger partial charge in [0, 0.05) is 43.0 Å². The van der Waals surface area contributed by atoms with Crippen LogP contribution in [0.25, 0.3) is 5.69 Å². The van der Waals surface area contributed by atoms with Crippen molar-refractivity contribution >= 4 is 17.4 Å². The predicted molar refractivity (Wildman–Crippen MR) is 112 cm³/mol. The Morgan fingerprint density at radius 2 is 1.97 bits per heavy atom. The summed E-state index contributed by atoms with van der Waals surface area (Å²) in [5.41, 5.74) is 2.40. The normalized spacial score (nSPS) is 17.7. The molecule has 0 amide bonds. The molecular weight excluding hydrogens is 386 g/mol. The zero-order valence-electron chi connectivity index (χ0n) is 16.5. The van der Waals surface area contributed by atoms with Gasteiger partial charge in [0.1, 0.15) is 11.6 Å². The summed E-state index contributed by atoms with van der Waals surface area (Å²) in [4.78, 5) is 13.3. The van der Waals surface area contributed by atoms with Crippen LogP contribution in [-0.4, -0.2) is 49.3 Å². The van der Waals surface area contributed by atoms with E-state index in [1.54, 1.807) is 12.4 Å². The summed E-state index contributed by atoms with van der Waals surface area (Å²) in [5, 5.41) is 10.0. The molecule has 1 saturated heterocycles. The van der Waals surface area contributed by atoms with Gasteiger partial charge >= 0.3 is 0 Å². The molecule has 5 rings (SSSR count). The van der Waals surface area contributed by atoms with Gasteiger partial charge in [-0.3, -0.25) is 14.5 Å². The smallest absolute Gasteiger partial charge is 0.151 e. The zero-order valence-corrected chi connectivity index (χ0v) is 17.3. The number of halogens is 1. The molecule has 0 atom stereocenters. The Labute approximate surface area is 175 Å². The molecular formula is C21H24ClN7. The topological polar surface area (TPSA) is 63.0 Å². The highest BCUT2D eigenvalue weighted by Gasteiger charge is 2.30. The third-order valence-electron chi connectivity index (χ3n) is 5.98. The lowest BCUT2D eigenvalue weighted by Crippen LogP contribution is -2.34. The fourth-order valence-corrected chi connectivity index (χ4v) is 4.59. The second-order valence-electron chi connectivity index (χ2n) is 7.71. The Kier molecular flexibility index (Phi) is 4.93.